The molecule has 0 aliphatic rings. The van der Waals surface area contributed by atoms with Crippen molar-refractivity contribution in [3.8, 4) is 11.3 Å². The summed E-state index contributed by atoms with van der Waals surface area (Å²) in [6.45, 7) is 0. The number of furan rings is 1. The third kappa shape index (κ3) is 1.88. The quantitative estimate of drug-likeness (QED) is 0.756. The molecule has 0 spiro atoms. The molecule has 0 fully saturated rings. The number of hydrogen-bond donors (Lipinski definition) is 1. The summed E-state index contributed by atoms with van der Waals surface area (Å²) < 4.78 is 43.1. The Bertz CT molecular complexity index is 488. The van der Waals surface area contributed by atoms with Crippen LogP contribution < -0.4 is 5.73 Å². The minimum absolute atomic E-state index is 0.00769. The maximum atomic E-state index is 12.7. The number of nitrogens with two attached hydrogens (primary N) is 1. The highest BCUT2D eigenvalue weighted by molar-refractivity contribution is 5.66. The number of rotatable bonds is 1. The van der Waals surface area contributed by atoms with Crippen molar-refractivity contribution < 1.29 is 17.6 Å². The van der Waals surface area contributed by atoms with Crippen molar-refractivity contribution in [3.05, 3.63) is 42.2 Å². The van der Waals surface area contributed by atoms with Gasteiger partial charge in [0.05, 0.1) is 11.8 Å². The predicted octanol–water partition coefficient (Wildman–Crippen LogP) is 3.55. The molecule has 1 aromatic heterocycles. The van der Waals surface area contributed by atoms with Gasteiger partial charge >= 0.3 is 6.18 Å². The van der Waals surface area contributed by atoms with Crippen LogP contribution in [0.1, 0.15) is 5.56 Å². The van der Waals surface area contributed by atoms with Crippen molar-refractivity contribution in [2.24, 2.45) is 0 Å². The fourth-order valence-corrected chi connectivity index (χ4v) is 1.44. The molecule has 16 heavy (non-hydrogen) atoms. The van der Waals surface area contributed by atoms with E-state index in [1.54, 1.807) is 0 Å². The number of benzene rings is 1. The van der Waals surface area contributed by atoms with Crippen LogP contribution in [0.4, 0.5) is 18.9 Å². The Labute approximate surface area is 89.5 Å². The summed E-state index contributed by atoms with van der Waals surface area (Å²) >= 11 is 0. The fourth-order valence-electron chi connectivity index (χ4n) is 1.44. The highest BCUT2D eigenvalue weighted by atomic mass is 19.4. The molecule has 0 saturated carbocycles. The summed E-state index contributed by atoms with van der Waals surface area (Å²) in [5.41, 5.74) is 4.62. The molecular formula is C11H8F3NO. The van der Waals surface area contributed by atoms with Gasteiger partial charge in [0.1, 0.15) is 5.76 Å². The first-order valence-electron chi connectivity index (χ1n) is 4.49. The minimum Gasteiger partial charge on any atom is -0.464 e. The Morgan fingerprint density at radius 3 is 2.44 bits per heavy atom. The molecule has 0 amide bonds. The summed E-state index contributed by atoms with van der Waals surface area (Å²) in [5.74, 6) is 0.173. The van der Waals surface area contributed by atoms with E-state index in [0.29, 0.717) is 0 Å². The molecule has 0 unspecified atom stereocenters. The first-order valence-corrected chi connectivity index (χ1v) is 4.49. The fraction of sp³-hybridized carbons (Fsp3) is 0.0909. The Kier molecular flexibility index (Phi) is 2.38. The zero-order valence-electron chi connectivity index (χ0n) is 8.08. The first-order chi connectivity index (χ1) is 7.48. The standard InChI is InChI=1S/C11H8F3NO/c12-11(13,14)9-6-7(15)3-4-8(9)10-2-1-5-16-10/h1-6H,15H2. The lowest BCUT2D eigenvalue weighted by Crippen LogP contribution is -2.07. The van der Waals surface area contributed by atoms with Gasteiger partial charge in [-0.15, -0.1) is 0 Å². The molecule has 0 atom stereocenters. The maximum Gasteiger partial charge on any atom is 0.417 e. The molecule has 0 aliphatic heterocycles. The number of nitrogen functional groups attached to an aromatic ring is 1. The van der Waals surface area contributed by atoms with E-state index >= 15 is 0 Å². The van der Waals surface area contributed by atoms with Gasteiger partial charge in [-0.05, 0) is 30.3 Å². The lowest BCUT2D eigenvalue weighted by molar-refractivity contribution is -0.137. The van der Waals surface area contributed by atoms with E-state index in [1.165, 1.54) is 30.5 Å². The molecule has 1 heterocycles. The van der Waals surface area contributed by atoms with E-state index in [9.17, 15) is 13.2 Å². The largest absolute Gasteiger partial charge is 0.464 e. The van der Waals surface area contributed by atoms with Crippen LogP contribution in [0.15, 0.2) is 41.0 Å². The topological polar surface area (TPSA) is 39.2 Å². The molecule has 5 heteroatoms. The minimum atomic E-state index is -4.45. The monoisotopic (exact) mass is 227 g/mol. The van der Waals surface area contributed by atoms with Gasteiger partial charge in [0.25, 0.3) is 0 Å². The molecule has 1 aromatic carbocycles. The van der Waals surface area contributed by atoms with E-state index in [2.05, 4.69) is 0 Å². The molecule has 0 aliphatic carbocycles. The summed E-state index contributed by atoms with van der Waals surface area (Å²) in [7, 11) is 0. The van der Waals surface area contributed by atoms with Gasteiger partial charge in [0, 0.05) is 11.3 Å². The smallest absolute Gasteiger partial charge is 0.417 e. The lowest BCUT2D eigenvalue weighted by Gasteiger charge is -2.11. The van der Waals surface area contributed by atoms with E-state index < -0.39 is 11.7 Å². The Morgan fingerprint density at radius 2 is 1.88 bits per heavy atom. The van der Waals surface area contributed by atoms with Gasteiger partial charge in [0.15, 0.2) is 0 Å². The highest BCUT2D eigenvalue weighted by Gasteiger charge is 2.34. The summed E-state index contributed by atoms with van der Waals surface area (Å²) in [6, 6.07) is 6.62. The Hall–Kier alpha value is -1.91. The van der Waals surface area contributed by atoms with Crippen LogP contribution in [0.25, 0.3) is 11.3 Å². The summed E-state index contributed by atoms with van der Waals surface area (Å²) in [5, 5.41) is 0. The van der Waals surface area contributed by atoms with Gasteiger partial charge in [0.2, 0.25) is 0 Å². The Morgan fingerprint density at radius 1 is 1.12 bits per heavy atom. The number of anilines is 1. The third-order valence-electron chi connectivity index (χ3n) is 2.14. The zero-order valence-corrected chi connectivity index (χ0v) is 8.08. The molecule has 0 radical (unpaired) electrons. The number of hydrogen-bond acceptors (Lipinski definition) is 2. The van der Waals surface area contributed by atoms with Gasteiger partial charge in [-0.2, -0.15) is 13.2 Å². The molecule has 2 N–H and O–H groups in total. The molecule has 84 valence electrons. The number of halogens is 3. The lowest BCUT2D eigenvalue weighted by atomic mass is 10.0. The van der Waals surface area contributed by atoms with Crippen LogP contribution in [-0.2, 0) is 6.18 Å². The normalized spacial score (nSPS) is 11.7. The van der Waals surface area contributed by atoms with Crippen LogP contribution in [0, 0.1) is 0 Å². The van der Waals surface area contributed by atoms with Crippen LogP contribution >= 0.6 is 0 Å². The van der Waals surface area contributed by atoms with Crippen LogP contribution in [-0.4, -0.2) is 0 Å². The van der Waals surface area contributed by atoms with E-state index in [0.717, 1.165) is 6.07 Å². The van der Waals surface area contributed by atoms with Crippen LogP contribution in [0.5, 0.6) is 0 Å². The Balaban J connectivity index is 2.62. The van der Waals surface area contributed by atoms with Crippen molar-refractivity contribution >= 4 is 5.69 Å². The van der Waals surface area contributed by atoms with Gasteiger partial charge in [-0.3, -0.25) is 0 Å². The van der Waals surface area contributed by atoms with E-state index in [1.807, 2.05) is 0 Å². The van der Waals surface area contributed by atoms with Crippen molar-refractivity contribution in [1.29, 1.82) is 0 Å². The van der Waals surface area contributed by atoms with Crippen LogP contribution in [0.2, 0.25) is 0 Å². The van der Waals surface area contributed by atoms with Gasteiger partial charge in [-0.25, -0.2) is 0 Å². The zero-order chi connectivity index (χ0) is 11.8. The second-order valence-electron chi connectivity index (χ2n) is 3.28. The van der Waals surface area contributed by atoms with Crippen molar-refractivity contribution in [2.45, 2.75) is 6.18 Å². The molecule has 2 nitrogen and oxygen atoms in total. The SMILES string of the molecule is Nc1ccc(-c2ccco2)c(C(F)(F)F)c1. The average Bonchev–Trinajstić information content (AvgIpc) is 2.69. The van der Waals surface area contributed by atoms with Gasteiger partial charge < -0.3 is 10.2 Å². The van der Waals surface area contributed by atoms with E-state index in [4.69, 9.17) is 10.2 Å². The van der Waals surface area contributed by atoms with E-state index in [-0.39, 0.29) is 17.0 Å². The molecule has 2 rings (SSSR count). The molecular weight excluding hydrogens is 219 g/mol. The second kappa shape index (κ2) is 3.59. The first kappa shape index (κ1) is 10.6. The van der Waals surface area contributed by atoms with Gasteiger partial charge in [-0.1, -0.05) is 0 Å². The summed E-state index contributed by atoms with van der Waals surface area (Å²) in [6.07, 6.45) is -3.12. The van der Waals surface area contributed by atoms with Crippen molar-refractivity contribution in [3.63, 3.8) is 0 Å². The molecule has 2 aromatic rings. The van der Waals surface area contributed by atoms with Crippen molar-refractivity contribution in [1.82, 2.24) is 0 Å². The molecule has 0 bridgehead atoms. The average molecular weight is 227 g/mol. The number of alkyl halides is 3. The maximum absolute atomic E-state index is 12.7. The summed E-state index contributed by atoms with van der Waals surface area (Å²) in [4.78, 5) is 0. The third-order valence-corrected chi connectivity index (χ3v) is 2.14. The van der Waals surface area contributed by atoms with Crippen molar-refractivity contribution in [2.75, 3.05) is 5.73 Å². The van der Waals surface area contributed by atoms with Crippen LogP contribution in [0.3, 0.4) is 0 Å². The predicted molar refractivity (Wildman–Crippen MR) is 53.6 cm³/mol. The highest BCUT2D eigenvalue weighted by Crippen LogP contribution is 2.38. The molecule has 0 saturated heterocycles. The second-order valence-corrected chi connectivity index (χ2v) is 3.28.